The summed E-state index contributed by atoms with van der Waals surface area (Å²) in [5.41, 5.74) is 2.47. The predicted molar refractivity (Wildman–Crippen MR) is 116 cm³/mol. The quantitative estimate of drug-likeness (QED) is 0.326. The summed E-state index contributed by atoms with van der Waals surface area (Å²) < 4.78 is 7.66. The van der Waals surface area contributed by atoms with Crippen LogP contribution in [0.15, 0.2) is 79.1 Å². The lowest BCUT2D eigenvalue weighted by Crippen LogP contribution is -2.28. The van der Waals surface area contributed by atoms with E-state index in [1.807, 2.05) is 35.0 Å². The molecule has 0 saturated heterocycles. The molecule has 2 heterocycles. The van der Waals surface area contributed by atoms with Gasteiger partial charge in [-0.1, -0.05) is 6.07 Å². The van der Waals surface area contributed by atoms with Gasteiger partial charge in [0, 0.05) is 36.6 Å². The summed E-state index contributed by atoms with van der Waals surface area (Å²) in [6, 6.07) is 17.9. The summed E-state index contributed by atoms with van der Waals surface area (Å²) in [7, 11) is 0. The van der Waals surface area contributed by atoms with Crippen LogP contribution in [0, 0.1) is 10.1 Å². The number of benzene rings is 2. The molecule has 1 atom stereocenters. The molecule has 4 rings (SSSR count). The summed E-state index contributed by atoms with van der Waals surface area (Å²) in [4.78, 5) is 27.0. The molecule has 2 aromatic heterocycles. The predicted octanol–water partition coefficient (Wildman–Crippen LogP) is 3.28. The standard InChI is InChI=1S/C23H20N4O5/c28-21(16-4-8-19(9-5-16)27(30)31)13-24-23(29)17-6-10-20(11-7-17)32-15-18-14-26-12-2-1-3-22(26)25-18/h1-12,14,21,28H,13,15H2,(H,24,29). The number of fused-ring (bicyclic) bond motifs is 1. The van der Waals surface area contributed by atoms with Crippen molar-refractivity contribution in [1.82, 2.24) is 14.7 Å². The molecular formula is C23H20N4O5. The molecule has 0 aliphatic heterocycles. The number of hydrogen-bond acceptors (Lipinski definition) is 6. The van der Waals surface area contributed by atoms with Crippen LogP contribution in [-0.4, -0.2) is 31.9 Å². The minimum absolute atomic E-state index is 0.0250. The Morgan fingerprint density at radius 1 is 1.12 bits per heavy atom. The van der Waals surface area contributed by atoms with Crippen molar-refractivity contribution in [3.8, 4) is 5.75 Å². The van der Waals surface area contributed by atoms with Crippen molar-refractivity contribution >= 4 is 17.2 Å². The van der Waals surface area contributed by atoms with Crippen LogP contribution in [0.2, 0.25) is 0 Å². The molecule has 0 radical (unpaired) electrons. The van der Waals surface area contributed by atoms with Crippen LogP contribution in [0.3, 0.4) is 0 Å². The van der Waals surface area contributed by atoms with Gasteiger partial charge in [0.05, 0.1) is 16.7 Å². The van der Waals surface area contributed by atoms with E-state index >= 15 is 0 Å². The molecule has 0 bridgehead atoms. The molecule has 0 aliphatic carbocycles. The summed E-state index contributed by atoms with van der Waals surface area (Å²) in [6.45, 7) is 0.275. The molecule has 1 amide bonds. The average molecular weight is 432 g/mol. The Morgan fingerprint density at radius 2 is 1.88 bits per heavy atom. The van der Waals surface area contributed by atoms with E-state index < -0.39 is 11.0 Å². The highest BCUT2D eigenvalue weighted by atomic mass is 16.6. The highest BCUT2D eigenvalue weighted by molar-refractivity contribution is 5.94. The van der Waals surface area contributed by atoms with Crippen LogP contribution in [0.5, 0.6) is 5.75 Å². The van der Waals surface area contributed by atoms with E-state index in [2.05, 4.69) is 10.3 Å². The molecule has 1 unspecified atom stereocenters. The van der Waals surface area contributed by atoms with Crippen molar-refractivity contribution in [1.29, 1.82) is 0 Å². The monoisotopic (exact) mass is 432 g/mol. The minimum Gasteiger partial charge on any atom is -0.487 e. The number of nitro benzene ring substituents is 1. The van der Waals surface area contributed by atoms with Crippen LogP contribution < -0.4 is 10.1 Å². The Labute approximate surface area is 183 Å². The lowest BCUT2D eigenvalue weighted by molar-refractivity contribution is -0.384. The van der Waals surface area contributed by atoms with Crippen molar-refractivity contribution in [2.45, 2.75) is 12.7 Å². The number of non-ortho nitro benzene ring substituents is 1. The number of ether oxygens (including phenoxy) is 1. The number of carbonyl (C=O) groups is 1. The van der Waals surface area contributed by atoms with E-state index in [0.29, 0.717) is 23.5 Å². The number of hydrogen-bond donors (Lipinski definition) is 2. The number of nitro groups is 1. The maximum Gasteiger partial charge on any atom is 0.269 e. The zero-order valence-corrected chi connectivity index (χ0v) is 16.9. The molecular weight excluding hydrogens is 412 g/mol. The Bertz CT molecular complexity index is 1200. The van der Waals surface area contributed by atoms with Crippen LogP contribution in [-0.2, 0) is 6.61 Å². The lowest BCUT2D eigenvalue weighted by Gasteiger charge is -2.12. The van der Waals surface area contributed by atoms with Gasteiger partial charge in [-0.05, 0) is 54.1 Å². The zero-order chi connectivity index (χ0) is 22.5. The number of aromatic nitrogens is 2. The third-order valence-electron chi connectivity index (χ3n) is 4.86. The molecule has 9 heteroatoms. The molecule has 162 valence electrons. The Balaban J connectivity index is 1.29. The van der Waals surface area contributed by atoms with Crippen molar-refractivity contribution in [3.05, 3.63) is 106 Å². The first-order valence-electron chi connectivity index (χ1n) is 9.86. The summed E-state index contributed by atoms with van der Waals surface area (Å²) in [5.74, 6) is 0.252. The van der Waals surface area contributed by atoms with Gasteiger partial charge in [-0.2, -0.15) is 0 Å². The average Bonchev–Trinajstić information content (AvgIpc) is 3.24. The fraction of sp³-hybridized carbons (Fsp3) is 0.130. The van der Waals surface area contributed by atoms with Crippen LogP contribution in [0.1, 0.15) is 27.7 Å². The summed E-state index contributed by atoms with van der Waals surface area (Å²) in [6.07, 6.45) is 2.83. The molecule has 2 aromatic carbocycles. The SMILES string of the molecule is O=C(NCC(O)c1ccc([N+](=O)[O-])cc1)c1ccc(OCc2cn3ccccc3n2)cc1. The van der Waals surface area contributed by atoms with E-state index in [-0.39, 0.29) is 18.1 Å². The normalized spacial score (nSPS) is 11.8. The van der Waals surface area contributed by atoms with Gasteiger partial charge in [-0.3, -0.25) is 14.9 Å². The van der Waals surface area contributed by atoms with Crippen molar-refractivity contribution < 1.29 is 19.6 Å². The summed E-state index contributed by atoms with van der Waals surface area (Å²) in [5, 5.41) is 23.6. The van der Waals surface area contributed by atoms with Gasteiger partial charge < -0.3 is 19.6 Å². The molecule has 0 fully saturated rings. The van der Waals surface area contributed by atoms with E-state index in [0.717, 1.165) is 11.3 Å². The second kappa shape index (κ2) is 9.27. The fourth-order valence-corrected chi connectivity index (χ4v) is 3.14. The Hall–Kier alpha value is -4.24. The lowest BCUT2D eigenvalue weighted by atomic mass is 10.1. The third kappa shape index (κ3) is 4.90. The number of aliphatic hydroxyl groups excluding tert-OH is 1. The maximum absolute atomic E-state index is 12.3. The van der Waals surface area contributed by atoms with E-state index in [1.54, 1.807) is 24.3 Å². The van der Waals surface area contributed by atoms with E-state index in [1.165, 1.54) is 24.3 Å². The fourth-order valence-electron chi connectivity index (χ4n) is 3.14. The molecule has 2 N–H and O–H groups in total. The number of nitrogens with zero attached hydrogens (tertiary/aromatic N) is 3. The minimum atomic E-state index is -0.979. The first kappa shape index (κ1) is 21.0. The van der Waals surface area contributed by atoms with Gasteiger partial charge in [0.25, 0.3) is 11.6 Å². The number of pyridine rings is 1. The van der Waals surface area contributed by atoms with Crippen molar-refractivity contribution in [2.75, 3.05) is 6.54 Å². The number of nitrogens with one attached hydrogen (secondary N) is 1. The molecule has 0 aliphatic rings. The first-order valence-corrected chi connectivity index (χ1v) is 9.86. The highest BCUT2D eigenvalue weighted by Gasteiger charge is 2.13. The Morgan fingerprint density at radius 3 is 2.56 bits per heavy atom. The largest absolute Gasteiger partial charge is 0.487 e. The van der Waals surface area contributed by atoms with Gasteiger partial charge in [0.1, 0.15) is 18.0 Å². The summed E-state index contributed by atoms with van der Waals surface area (Å²) >= 11 is 0. The van der Waals surface area contributed by atoms with Crippen LogP contribution in [0.25, 0.3) is 5.65 Å². The third-order valence-corrected chi connectivity index (χ3v) is 4.86. The molecule has 4 aromatic rings. The molecule has 0 spiro atoms. The smallest absolute Gasteiger partial charge is 0.269 e. The number of rotatable bonds is 8. The van der Waals surface area contributed by atoms with Crippen LogP contribution in [0.4, 0.5) is 5.69 Å². The number of carbonyl (C=O) groups excluding carboxylic acids is 1. The topological polar surface area (TPSA) is 119 Å². The maximum atomic E-state index is 12.3. The number of imidazole rings is 1. The zero-order valence-electron chi connectivity index (χ0n) is 16.9. The molecule has 0 saturated carbocycles. The number of amides is 1. The van der Waals surface area contributed by atoms with Crippen molar-refractivity contribution in [3.63, 3.8) is 0 Å². The van der Waals surface area contributed by atoms with Gasteiger partial charge in [0.2, 0.25) is 0 Å². The second-order valence-corrected chi connectivity index (χ2v) is 7.09. The second-order valence-electron chi connectivity index (χ2n) is 7.09. The highest BCUT2D eigenvalue weighted by Crippen LogP contribution is 2.18. The van der Waals surface area contributed by atoms with E-state index in [9.17, 15) is 20.0 Å². The molecule has 9 nitrogen and oxygen atoms in total. The van der Waals surface area contributed by atoms with E-state index in [4.69, 9.17) is 4.74 Å². The first-order chi connectivity index (χ1) is 15.5. The van der Waals surface area contributed by atoms with Gasteiger partial charge >= 0.3 is 0 Å². The van der Waals surface area contributed by atoms with Gasteiger partial charge in [0.15, 0.2) is 0 Å². The number of aliphatic hydroxyl groups is 1. The molecule has 32 heavy (non-hydrogen) atoms. The van der Waals surface area contributed by atoms with Gasteiger partial charge in [-0.25, -0.2) is 4.98 Å². The Kier molecular flexibility index (Phi) is 6.09. The van der Waals surface area contributed by atoms with Crippen molar-refractivity contribution in [2.24, 2.45) is 0 Å². The van der Waals surface area contributed by atoms with Crippen LogP contribution >= 0.6 is 0 Å². The van der Waals surface area contributed by atoms with Gasteiger partial charge in [-0.15, -0.1) is 0 Å².